The van der Waals surface area contributed by atoms with E-state index in [1.165, 1.54) is 44.5 Å². The molecule has 0 aliphatic carbocycles. The summed E-state index contributed by atoms with van der Waals surface area (Å²) < 4.78 is 0. The predicted molar refractivity (Wildman–Crippen MR) is 88.7 cm³/mol. The van der Waals surface area contributed by atoms with Crippen molar-refractivity contribution in [2.45, 2.75) is 45.6 Å². The van der Waals surface area contributed by atoms with Crippen molar-refractivity contribution in [3.63, 3.8) is 0 Å². The Bertz CT molecular complexity index is 398. The highest BCUT2D eigenvalue weighted by molar-refractivity contribution is 5.26. The molecule has 0 saturated carbocycles. The molecule has 2 atom stereocenters. The molecule has 2 rings (SSSR count). The highest BCUT2D eigenvalue weighted by atomic mass is 16.3. The van der Waals surface area contributed by atoms with Crippen LogP contribution in [0, 0.1) is 5.92 Å². The minimum Gasteiger partial charge on any atom is -0.508 e. The molecule has 1 aliphatic heterocycles. The molecule has 0 spiro atoms. The van der Waals surface area contributed by atoms with Crippen LogP contribution >= 0.6 is 0 Å². The predicted octanol–water partition coefficient (Wildman–Crippen LogP) is 3.03. The third kappa shape index (κ3) is 6.06. The van der Waals surface area contributed by atoms with Gasteiger partial charge in [0, 0.05) is 12.6 Å². The number of benzene rings is 1. The highest BCUT2D eigenvalue weighted by Gasteiger charge is 2.14. The minimum atomic E-state index is 0.342. The van der Waals surface area contributed by atoms with Crippen molar-refractivity contribution in [2.24, 2.45) is 5.92 Å². The molecule has 2 unspecified atom stereocenters. The summed E-state index contributed by atoms with van der Waals surface area (Å²) in [7, 11) is 0. The molecule has 2 N–H and O–H groups in total. The first-order valence-corrected chi connectivity index (χ1v) is 8.37. The van der Waals surface area contributed by atoms with Gasteiger partial charge in [0.25, 0.3) is 0 Å². The standard InChI is InChI=1S/C18H30N2O/c1-15(14-20-10-4-3-5-11-20)13-19-16(2)12-17-6-8-18(21)9-7-17/h6-9,15-16,19,21H,3-5,10-14H2,1-2H3. The van der Waals surface area contributed by atoms with Gasteiger partial charge in [0.15, 0.2) is 0 Å². The molecule has 0 aromatic heterocycles. The second-order valence-corrected chi connectivity index (χ2v) is 6.65. The lowest BCUT2D eigenvalue weighted by molar-refractivity contribution is 0.197. The van der Waals surface area contributed by atoms with Crippen LogP contribution < -0.4 is 5.32 Å². The van der Waals surface area contributed by atoms with Gasteiger partial charge in [-0.15, -0.1) is 0 Å². The van der Waals surface area contributed by atoms with Gasteiger partial charge >= 0.3 is 0 Å². The molecule has 3 heteroatoms. The summed E-state index contributed by atoms with van der Waals surface area (Å²) in [5.41, 5.74) is 1.27. The van der Waals surface area contributed by atoms with E-state index in [4.69, 9.17) is 0 Å². The highest BCUT2D eigenvalue weighted by Crippen LogP contribution is 2.12. The molecule has 1 heterocycles. The fourth-order valence-corrected chi connectivity index (χ4v) is 3.11. The van der Waals surface area contributed by atoms with Gasteiger partial charge in [0.2, 0.25) is 0 Å². The Kier molecular flexibility index (Phi) is 6.52. The molecule has 1 aliphatic rings. The SMILES string of the molecule is CC(CNC(C)Cc1ccc(O)cc1)CN1CCCCC1. The van der Waals surface area contributed by atoms with Crippen LogP contribution in [0.5, 0.6) is 5.75 Å². The fourth-order valence-electron chi connectivity index (χ4n) is 3.11. The van der Waals surface area contributed by atoms with Crippen LogP contribution in [-0.2, 0) is 6.42 Å². The molecule has 21 heavy (non-hydrogen) atoms. The Morgan fingerprint density at radius 3 is 2.43 bits per heavy atom. The van der Waals surface area contributed by atoms with Gasteiger partial charge < -0.3 is 15.3 Å². The summed E-state index contributed by atoms with van der Waals surface area (Å²) in [4.78, 5) is 2.61. The number of rotatable bonds is 7. The van der Waals surface area contributed by atoms with Gasteiger partial charge in [-0.2, -0.15) is 0 Å². The van der Waals surface area contributed by atoms with Crippen molar-refractivity contribution < 1.29 is 5.11 Å². The number of piperidine rings is 1. The molecule has 0 amide bonds. The van der Waals surface area contributed by atoms with Crippen LogP contribution in [0.15, 0.2) is 24.3 Å². The first kappa shape index (κ1) is 16.3. The van der Waals surface area contributed by atoms with Gasteiger partial charge in [-0.25, -0.2) is 0 Å². The van der Waals surface area contributed by atoms with Gasteiger partial charge in [0.05, 0.1) is 0 Å². The number of phenols is 1. The number of phenolic OH excluding ortho intramolecular Hbond substituents is 1. The van der Waals surface area contributed by atoms with Crippen molar-refractivity contribution in [3.05, 3.63) is 29.8 Å². The average molecular weight is 290 g/mol. The summed E-state index contributed by atoms with van der Waals surface area (Å²) in [6.45, 7) is 9.45. The Morgan fingerprint density at radius 1 is 1.10 bits per heavy atom. The second kappa shape index (κ2) is 8.40. The molecule has 118 valence electrons. The van der Waals surface area contributed by atoms with Gasteiger partial charge in [-0.1, -0.05) is 25.5 Å². The van der Waals surface area contributed by atoms with E-state index in [1.54, 1.807) is 12.1 Å². The van der Waals surface area contributed by atoms with E-state index in [9.17, 15) is 5.11 Å². The van der Waals surface area contributed by atoms with Crippen LogP contribution in [0.3, 0.4) is 0 Å². The van der Waals surface area contributed by atoms with Crippen LogP contribution in [0.2, 0.25) is 0 Å². The Labute approximate surface area is 129 Å². The summed E-state index contributed by atoms with van der Waals surface area (Å²) >= 11 is 0. The number of aromatic hydroxyl groups is 1. The van der Waals surface area contributed by atoms with Crippen molar-refractivity contribution in [2.75, 3.05) is 26.2 Å². The number of hydrogen-bond acceptors (Lipinski definition) is 3. The lowest BCUT2D eigenvalue weighted by Gasteiger charge is -2.29. The maximum Gasteiger partial charge on any atom is 0.115 e. The molecule has 1 saturated heterocycles. The minimum absolute atomic E-state index is 0.342. The lowest BCUT2D eigenvalue weighted by Crippen LogP contribution is -2.39. The molecule has 1 fully saturated rings. The summed E-state index contributed by atoms with van der Waals surface area (Å²) in [6, 6.07) is 8.01. The van der Waals surface area contributed by atoms with Gasteiger partial charge in [-0.3, -0.25) is 0 Å². The van der Waals surface area contributed by atoms with E-state index in [0.29, 0.717) is 17.7 Å². The smallest absolute Gasteiger partial charge is 0.115 e. The Hall–Kier alpha value is -1.06. The normalized spacial score (nSPS) is 19.3. The summed E-state index contributed by atoms with van der Waals surface area (Å²) in [5, 5.41) is 12.9. The number of likely N-dealkylation sites (tertiary alicyclic amines) is 1. The maximum absolute atomic E-state index is 9.30. The maximum atomic E-state index is 9.30. The molecular weight excluding hydrogens is 260 g/mol. The Morgan fingerprint density at radius 2 is 1.76 bits per heavy atom. The summed E-state index contributed by atoms with van der Waals surface area (Å²) in [5.74, 6) is 1.04. The van der Waals surface area contributed by atoms with E-state index in [0.717, 1.165) is 13.0 Å². The third-order valence-corrected chi connectivity index (χ3v) is 4.31. The van der Waals surface area contributed by atoms with Gasteiger partial charge in [-0.05, 0) is 69.4 Å². The van der Waals surface area contributed by atoms with Crippen molar-refractivity contribution >= 4 is 0 Å². The van der Waals surface area contributed by atoms with Crippen LogP contribution in [-0.4, -0.2) is 42.2 Å². The van der Waals surface area contributed by atoms with E-state index >= 15 is 0 Å². The molecule has 0 bridgehead atoms. The number of nitrogens with zero attached hydrogens (tertiary/aromatic N) is 1. The van der Waals surface area contributed by atoms with E-state index in [2.05, 4.69) is 24.1 Å². The first-order chi connectivity index (χ1) is 10.1. The zero-order valence-corrected chi connectivity index (χ0v) is 13.5. The second-order valence-electron chi connectivity index (χ2n) is 6.65. The van der Waals surface area contributed by atoms with Crippen molar-refractivity contribution in [3.8, 4) is 5.75 Å². The zero-order valence-electron chi connectivity index (χ0n) is 13.5. The molecule has 3 nitrogen and oxygen atoms in total. The van der Waals surface area contributed by atoms with Crippen molar-refractivity contribution in [1.29, 1.82) is 0 Å². The van der Waals surface area contributed by atoms with Gasteiger partial charge in [0.1, 0.15) is 5.75 Å². The fraction of sp³-hybridized carbons (Fsp3) is 0.667. The van der Waals surface area contributed by atoms with E-state index < -0.39 is 0 Å². The van der Waals surface area contributed by atoms with E-state index in [1.807, 2.05) is 12.1 Å². The molecule has 1 aromatic carbocycles. The summed E-state index contributed by atoms with van der Waals surface area (Å²) in [6.07, 6.45) is 5.16. The Balaban J connectivity index is 1.65. The average Bonchev–Trinajstić information content (AvgIpc) is 2.49. The molecule has 1 aromatic rings. The number of nitrogens with one attached hydrogen (secondary N) is 1. The number of hydrogen-bond donors (Lipinski definition) is 2. The molecule has 0 radical (unpaired) electrons. The lowest BCUT2D eigenvalue weighted by atomic mass is 10.0. The van der Waals surface area contributed by atoms with Crippen molar-refractivity contribution in [1.82, 2.24) is 10.2 Å². The van der Waals surface area contributed by atoms with Crippen LogP contribution in [0.4, 0.5) is 0 Å². The first-order valence-electron chi connectivity index (χ1n) is 8.37. The van der Waals surface area contributed by atoms with Crippen LogP contribution in [0.1, 0.15) is 38.7 Å². The largest absolute Gasteiger partial charge is 0.508 e. The van der Waals surface area contributed by atoms with E-state index in [-0.39, 0.29) is 0 Å². The quantitative estimate of drug-likeness (QED) is 0.810. The molecular formula is C18H30N2O. The zero-order chi connectivity index (χ0) is 15.1. The van der Waals surface area contributed by atoms with Crippen LogP contribution in [0.25, 0.3) is 0 Å². The third-order valence-electron chi connectivity index (χ3n) is 4.31. The topological polar surface area (TPSA) is 35.5 Å². The monoisotopic (exact) mass is 290 g/mol.